The normalized spacial score (nSPS) is 10.6. The van der Waals surface area contributed by atoms with Crippen LogP contribution in [-0.2, 0) is 16.0 Å². The van der Waals surface area contributed by atoms with E-state index in [9.17, 15) is 9.59 Å². The van der Waals surface area contributed by atoms with Gasteiger partial charge >= 0.3 is 6.09 Å². The number of benzene rings is 2. The van der Waals surface area contributed by atoms with Gasteiger partial charge in [0.25, 0.3) is 5.56 Å². The zero-order valence-corrected chi connectivity index (χ0v) is 19.0. The number of ether oxygens (including phenoxy) is 3. The number of aromatic nitrogens is 2. The maximum absolute atomic E-state index is 12.4. The van der Waals surface area contributed by atoms with Gasteiger partial charge in [-0.25, -0.2) is 9.48 Å². The molecule has 33 heavy (non-hydrogen) atoms. The van der Waals surface area contributed by atoms with Crippen molar-refractivity contribution in [1.29, 1.82) is 0 Å². The third-order valence-corrected chi connectivity index (χ3v) is 4.79. The highest BCUT2D eigenvalue weighted by Crippen LogP contribution is 2.22. The Labute approximate surface area is 193 Å². The molecule has 0 atom stereocenters. The highest BCUT2D eigenvalue weighted by atomic mass is 16.5. The van der Waals surface area contributed by atoms with E-state index >= 15 is 0 Å². The minimum absolute atomic E-state index is 0.215. The van der Waals surface area contributed by atoms with Crippen LogP contribution >= 0.6 is 0 Å². The van der Waals surface area contributed by atoms with Gasteiger partial charge in [0, 0.05) is 31.0 Å². The van der Waals surface area contributed by atoms with E-state index in [4.69, 9.17) is 14.2 Å². The Balaban J connectivity index is 1.72. The molecule has 0 saturated heterocycles. The maximum Gasteiger partial charge on any atom is 0.411 e. The average Bonchev–Trinajstić information content (AvgIpc) is 2.81. The summed E-state index contributed by atoms with van der Waals surface area (Å²) in [6.45, 7) is 3.62. The lowest BCUT2D eigenvalue weighted by Gasteiger charge is -2.11. The van der Waals surface area contributed by atoms with E-state index in [0.717, 1.165) is 36.3 Å². The Morgan fingerprint density at radius 2 is 1.85 bits per heavy atom. The molecule has 0 fully saturated rings. The molecule has 0 aliphatic rings. The molecule has 174 valence electrons. The number of unbranched alkanes of at least 4 members (excludes halogenated alkanes) is 1. The number of carbonyl (C=O) groups excluding carboxylic acids is 1. The van der Waals surface area contributed by atoms with Crippen molar-refractivity contribution in [1.82, 2.24) is 9.78 Å². The van der Waals surface area contributed by atoms with Crippen LogP contribution in [0.4, 0.5) is 10.5 Å². The fourth-order valence-corrected chi connectivity index (χ4v) is 3.21. The molecule has 0 saturated carbocycles. The van der Waals surface area contributed by atoms with Gasteiger partial charge in [0.15, 0.2) is 0 Å². The number of amides is 1. The van der Waals surface area contributed by atoms with Gasteiger partial charge in [-0.1, -0.05) is 24.3 Å². The minimum atomic E-state index is -0.521. The Bertz CT molecular complexity index is 1110. The monoisotopic (exact) mass is 451 g/mol. The van der Waals surface area contributed by atoms with Crippen LogP contribution < -0.4 is 15.6 Å². The second-order valence-electron chi connectivity index (χ2n) is 7.34. The first-order chi connectivity index (χ1) is 16.1. The topological polar surface area (TPSA) is 91.7 Å². The Kier molecular flexibility index (Phi) is 9.02. The molecule has 3 aromatic rings. The summed E-state index contributed by atoms with van der Waals surface area (Å²) >= 11 is 0. The first kappa shape index (κ1) is 24.0. The third kappa shape index (κ3) is 7.47. The Hall–Kier alpha value is -3.65. The summed E-state index contributed by atoms with van der Waals surface area (Å²) in [7, 11) is 1.69. The molecule has 0 bridgehead atoms. The quantitative estimate of drug-likeness (QED) is 0.436. The van der Waals surface area contributed by atoms with Crippen LogP contribution in [0.15, 0.2) is 65.5 Å². The molecule has 3 rings (SSSR count). The fourth-order valence-electron chi connectivity index (χ4n) is 3.21. The van der Waals surface area contributed by atoms with Gasteiger partial charge in [0.1, 0.15) is 5.75 Å². The van der Waals surface area contributed by atoms with Gasteiger partial charge in [-0.3, -0.25) is 10.1 Å². The predicted molar refractivity (Wildman–Crippen MR) is 127 cm³/mol. The number of anilines is 1. The molecule has 0 aliphatic heterocycles. The lowest BCUT2D eigenvalue weighted by Crippen LogP contribution is -2.23. The van der Waals surface area contributed by atoms with Crippen LogP contribution in [0.2, 0.25) is 0 Å². The highest BCUT2D eigenvalue weighted by molar-refractivity contribution is 5.84. The standard InChI is InChI=1S/C25H29N3O5/c1-3-32-25(30)26-21-10-6-8-19(16-21)18-28-24(29)13-12-23(27-28)20-9-7-11-22(17-20)33-15-5-4-14-31-2/h6-13,16-17H,3-5,14-15,18H2,1-2H3,(H,26,30). The number of methoxy groups -OCH3 is 1. The summed E-state index contributed by atoms with van der Waals surface area (Å²) in [5.74, 6) is 0.752. The molecule has 0 aliphatic carbocycles. The van der Waals surface area contributed by atoms with Crippen molar-refractivity contribution in [2.24, 2.45) is 0 Å². The number of nitrogens with zero attached hydrogens (tertiary/aromatic N) is 2. The average molecular weight is 452 g/mol. The molecule has 2 aromatic carbocycles. The zero-order valence-electron chi connectivity index (χ0n) is 19.0. The molecular weight excluding hydrogens is 422 g/mol. The summed E-state index contributed by atoms with van der Waals surface area (Å²) in [4.78, 5) is 24.1. The van der Waals surface area contributed by atoms with Crippen molar-refractivity contribution in [2.45, 2.75) is 26.3 Å². The van der Waals surface area contributed by atoms with Gasteiger partial charge in [0.05, 0.1) is 25.5 Å². The first-order valence-corrected chi connectivity index (χ1v) is 10.9. The van der Waals surface area contributed by atoms with Crippen molar-refractivity contribution in [2.75, 3.05) is 32.2 Å². The molecular formula is C25H29N3O5. The first-order valence-electron chi connectivity index (χ1n) is 10.9. The smallest absolute Gasteiger partial charge is 0.411 e. The van der Waals surface area contributed by atoms with Crippen molar-refractivity contribution >= 4 is 11.8 Å². The summed E-state index contributed by atoms with van der Waals surface area (Å²) in [6, 6.07) is 18.1. The predicted octanol–water partition coefficient (Wildman–Crippen LogP) is 4.33. The molecule has 1 amide bonds. The largest absolute Gasteiger partial charge is 0.494 e. The van der Waals surface area contributed by atoms with Crippen molar-refractivity contribution < 1.29 is 19.0 Å². The number of carbonyl (C=O) groups is 1. The molecule has 1 N–H and O–H groups in total. The van der Waals surface area contributed by atoms with Crippen molar-refractivity contribution in [3.05, 3.63) is 76.6 Å². The lowest BCUT2D eigenvalue weighted by atomic mass is 10.1. The van der Waals surface area contributed by atoms with Crippen LogP contribution in [0.5, 0.6) is 5.75 Å². The van der Waals surface area contributed by atoms with Crippen LogP contribution in [0.3, 0.4) is 0 Å². The fraction of sp³-hybridized carbons (Fsp3) is 0.320. The van der Waals surface area contributed by atoms with E-state index in [1.807, 2.05) is 30.3 Å². The Morgan fingerprint density at radius 3 is 2.67 bits per heavy atom. The third-order valence-electron chi connectivity index (χ3n) is 4.79. The maximum atomic E-state index is 12.4. The highest BCUT2D eigenvalue weighted by Gasteiger charge is 2.08. The SMILES string of the molecule is CCOC(=O)Nc1cccc(Cn2nc(-c3cccc(OCCCCOC)c3)ccc2=O)c1. The van der Waals surface area contributed by atoms with Gasteiger partial charge in [-0.15, -0.1) is 0 Å². The van der Waals surface area contributed by atoms with E-state index in [0.29, 0.717) is 18.0 Å². The van der Waals surface area contributed by atoms with E-state index < -0.39 is 6.09 Å². The van der Waals surface area contributed by atoms with E-state index in [1.54, 1.807) is 38.3 Å². The van der Waals surface area contributed by atoms with E-state index in [2.05, 4.69) is 10.4 Å². The molecule has 1 aromatic heterocycles. The lowest BCUT2D eigenvalue weighted by molar-refractivity contribution is 0.168. The second kappa shape index (κ2) is 12.4. The van der Waals surface area contributed by atoms with E-state index in [-0.39, 0.29) is 18.7 Å². The molecule has 0 unspecified atom stereocenters. The number of hydrogen-bond donors (Lipinski definition) is 1. The second-order valence-corrected chi connectivity index (χ2v) is 7.34. The van der Waals surface area contributed by atoms with Crippen LogP contribution in [0.1, 0.15) is 25.3 Å². The van der Waals surface area contributed by atoms with Gasteiger partial charge in [0.2, 0.25) is 0 Å². The molecule has 0 spiro atoms. The molecule has 8 nitrogen and oxygen atoms in total. The summed E-state index contributed by atoms with van der Waals surface area (Å²) in [5, 5.41) is 7.20. The van der Waals surface area contributed by atoms with E-state index in [1.165, 1.54) is 10.7 Å². The number of nitrogens with one attached hydrogen (secondary N) is 1. The van der Waals surface area contributed by atoms with Crippen LogP contribution in [0.25, 0.3) is 11.3 Å². The number of hydrogen-bond acceptors (Lipinski definition) is 6. The summed E-state index contributed by atoms with van der Waals surface area (Å²) < 4.78 is 17.2. The molecule has 0 radical (unpaired) electrons. The summed E-state index contributed by atoms with van der Waals surface area (Å²) in [5.41, 5.74) is 2.72. The molecule has 1 heterocycles. The van der Waals surface area contributed by atoms with Crippen molar-refractivity contribution in [3.8, 4) is 17.0 Å². The van der Waals surface area contributed by atoms with Crippen LogP contribution in [0, 0.1) is 0 Å². The van der Waals surface area contributed by atoms with Gasteiger partial charge in [-0.05, 0) is 55.7 Å². The van der Waals surface area contributed by atoms with Crippen molar-refractivity contribution in [3.63, 3.8) is 0 Å². The zero-order chi connectivity index (χ0) is 23.5. The minimum Gasteiger partial charge on any atom is -0.494 e. The van der Waals surface area contributed by atoms with Gasteiger partial charge < -0.3 is 14.2 Å². The Morgan fingerprint density at radius 1 is 1.03 bits per heavy atom. The van der Waals surface area contributed by atoms with Crippen LogP contribution in [-0.4, -0.2) is 42.8 Å². The van der Waals surface area contributed by atoms with Gasteiger partial charge in [-0.2, -0.15) is 5.10 Å². The molecule has 8 heteroatoms. The summed E-state index contributed by atoms with van der Waals surface area (Å²) in [6.07, 6.45) is 1.33. The number of rotatable bonds is 11.